The lowest BCUT2D eigenvalue weighted by Crippen LogP contribution is -2.37. The summed E-state index contributed by atoms with van der Waals surface area (Å²) in [5, 5.41) is 10.7. The van der Waals surface area contributed by atoms with Crippen LogP contribution < -0.4 is 0 Å². The predicted molar refractivity (Wildman–Crippen MR) is 92.1 cm³/mol. The summed E-state index contributed by atoms with van der Waals surface area (Å²) in [6.07, 6.45) is 1.00. The molecule has 1 N–H and O–H groups in total. The van der Waals surface area contributed by atoms with Gasteiger partial charge in [-0.3, -0.25) is 9.79 Å². The Kier molecular flexibility index (Phi) is 5.23. The van der Waals surface area contributed by atoms with Crippen molar-refractivity contribution in [2.24, 2.45) is 10.9 Å². The van der Waals surface area contributed by atoms with Gasteiger partial charge in [0.25, 0.3) is 0 Å². The number of carbonyl (C=O) groups is 1. The molecule has 124 valence electrons. The first-order valence-corrected chi connectivity index (χ1v) is 9.03. The number of hydrogen-bond donors (Lipinski definition) is 1. The van der Waals surface area contributed by atoms with E-state index in [1.165, 1.54) is 11.8 Å². The van der Waals surface area contributed by atoms with E-state index in [0.29, 0.717) is 17.2 Å². The maximum absolute atomic E-state index is 12.6. The van der Waals surface area contributed by atoms with E-state index in [0.717, 1.165) is 37.8 Å². The number of benzene rings is 1. The van der Waals surface area contributed by atoms with Crippen molar-refractivity contribution >= 4 is 22.7 Å². The molecular formula is C17H22N2O3S. The van der Waals surface area contributed by atoms with Gasteiger partial charge < -0.3 is 14.7 Å². The lowest BCUT2D eigenvalue weighted by Gasteiger charge is -2.18. The quantitative estimate of drug-likeness (QED) is 0.896. The molecule has 0 saturated carbocycles. The van der Waals surface area contributed by atoms with Gasteiger partial charge in [0.2, 0.25) is 5.91 Å². The molecule has 1 aromatic carbocycles. The fourth-order valence-corrected chi connectivity index (χ4v) is 4.03. The summed E-state index contributed by atoms with van der Waals surface area (Å²) >= 11 is 1.54. The highest BCUT2D eigenvalue weighted by atomic mass is 32.2. The van der Waals surface area contributed by atoms with E-state index < -0.39 is 0 Å². The summed E-state index contributed by atoms with van der Waals surface area (Å²) < 4.78 is 5.46. The summed E-state index contributed by atoms with van der Waals surface area (Å²) in [6.45, 7) is 4.99. The summed E-state index contributed by atoms with van der Waals surface area (Å²) in [6, 6.07) is 6.80. The van der Waals surface area contributed by atoms with Crippen LogP contribution in [0.25, 0.3) is 0 Å². The van der Waals surface area contributed by atoms with Crippen molar-refractivity contribution in [3.05, 3.63) is 29.8 Å². The average molecular weight is 334 g/mol. The van der Waals surface area contributed by atoms with Crippen LogP contribution in [0.1, 0.15) is 18.9 Å². The van der Waals surface area contributed by atoms with E-state index in [1.807, 2.05) is 24.0 Å². The first-order valence-electron chi connectivity index (χ1n) is 8.04. The third-order valence-electron chi connectivity index (χ3n) is 4.23. The Labute approximate surface area is 140 Å². The second-order valence-corrected chi connectivity index (χ2v) is 6.89. The molecule has 3 rings (SSSR count). The number of ether oxygens (including phenoxy) is 1. The number of thioether (sulfide) groups is 1. The predicted octanol–water partition coefficient (Wildman–Crippen LogP) is 2.14. The number of para-hydroxylation sites is 1. The number of phenolic OH excluding ortho intramolecular Hbond substituents is 1. The normalized spacial score (nSPS) is 24.0. The zero-order valence-electron chi connectivity index (χ0n) is 13.3. The molecule has 2 atom stereocenters. The Hall–Kier alpha value is -1.53. The standard InChI is InChI=1S/C17H22N2O3S/c1-2-22-10-12-7-8-19(9-12)17(21)14-11-23-16(18-14)13-5-3-4-6-15(13)20/h3-6,12,14,20H,2,7-11H2,1H3/t12-,14-/m0/s1. The van der Waals surface area contributed by atoms with Crippen LogP contribution in [-0.2, 0) is 9.53 Å². The summed E-state index contributed by atoms with van der Waals surface area (Å²) in [4.78, 5) is 19.1. The van der Waals surface area contributed by atoms with E-state index >= 15 is 0 Å². The summed E-state index contributed by atoms with van der Waals surface area (Å²) in [5.41, 5.74) is 0.712. The molecule has 23 heavy (non-hydrogen) atoms. The van der Waals surface area contributed by atoms with Crippen LogP contribution in [0, 0.1) is 5.92 Å². The number of likely N-dealkylation sites (tertiary alicyclic amines) is 1. The third-order valence-corrected chi connectivity index (χ3v) is 5.31. The number of aromatic hydroxyl groups is 1. The molecule has 1 aromatic rings. The van der Waals surface area contributed by atoms with Gasteiger partial charge in [-0.1, -0.05) is 12.1 Å². The first kappa shape index (κ1) is 16.3. The summed E-state index contributed by atoms with van der Waals surface area (Å²) in [5.74, 6) is 1.40. The Morgan fingerprint density at radius 3 is 3.09 bits per heavy atom. The van der Waals surface area contributed by atoms with Gasteiger partial charge in [-0.15, -0.1) is 11.8 Å². The molecule has 0 bridgehead atoms. The van der Waals surface area contributed by atoms with E-state index in [-0.39, 0.29) is 17.7 Å². The number of rotatable bonds is 5. The van der Waals surface area contributed by atoms with E-state index in [4.69, 9.17) is 4.74 Å². The Morgan fingerprint density at radius 1 is 1.48 bits per heavy atom. The monoisotopic (exact) mass is 334 g/mol. The fraction of sp³-hybridized carbons (Fsp3) is 0.529. The minimum atomic E-state index is -0.333. The van der Waals surface area contributed by atoms with E-state index in [9.17, 15) is 9.90 Å². The topological polar surface area (TPSA) is 62.1 Å². The van der Waals surface area contributed by atoms with Gasteiger partial charge in [-0.05, 0) is 25.5 Å². The van der Waals surface area contributed by atoms with Gasteiger partial charge in [-0.25, -0.2) is 0 Å². The van der Waals surface area contributed by atoms with Crippen LogP contribution in [0.3, 0.4) is 0 Å². The molecule has 1 amide bonds. The second-order valence-electron chi connectivity index (χ2n) is 5.88. The first-order chi connectivity index (χ1) is 11.2. The van der Waals surface area contributed by atoms with Crippen LogP contribution in [0.15, 0.2) is 29.3 Å². The van der Waals surface area contributed by atoms with Crippen molar-refractivity contribution in [2.45, 2.75) is 19.4 Å². The van der Waals surface area contributed by atoms with Gasteiger partial charge in [0.15, 0.2) is 0 Å². The zero-order valence-corrected chi connectivity index (χ0v) is 14.1. The van der Waals surface area contributed by atoms with Crippen molar-refractivity contribution in [3.63, 3.8) is 0 Å². The molecule has 2 aliphatic rings. The smallest absolute Gasteiger partial charge is 0.248 e. The molecule has 5 nitrogen and oxygen atoms in total. The number of hydrogen-bond acceptors (Lipinski definition) is 5. The van der Waals surface area contributed by atoms with Gasteiger partial charge >= 0.3 is 0 Å². The van der Waals surface area contributed by atoms with Crippen molar-refractivity contribution < 1.29 is 14.6 Å². The van der Waals surface area contributed by atoms with E-state index in [1.54, 1.807) is 12.1 Å². The second kappa shape index (κ2) is 7.36. The van der Waals surface area contributed by atoms with Gasteiger partial charge in [0, 0.05) is 36.9 Å². The van der Waals surface area contributed by atoms with Crippen LogP contribution in [-0.4, -0.2) is 59.1 Å². The maximum atomic E-state index is 12.6. The van der Waals surface area contributed by atoms with Crippen LogP contribution in [0.2, 0.25) is 0 Å². The van der Waals surface area contributed by atoms with Crippen LogP contribution in [0.5, 0.6) is 5.75 Å². The molecule has 0 spiro atoms. The highest BCUT2D eigenvalue weighted by Crippen LogP contribution is 2.30. The van der Waals surface area contributed by atoms with Crippen molar-refractivity contribution in [1.82, 2.24) is 4.90 Å². The zero-order chi connectivity index (χ0) is 16.2. The molecule has 6 heteroatoms. The Balaban J connectivity index is 1.62. The van der Waals surface area contributed by atoms with Crippen molar-refractivity contribution in [2.75, 3.05) is 32.1 Å². The number of phenols is 1. The Bertz CT molecular complexity index is 605. The molecule has 0 radical (unpaired) electrons. The highest BCUT2D eigenvalue weighted by Gasteiger charge is 2.34. The lowest BCUT2D eigenvalue weighted by molar-refractivity contribution is -0.131. The molecule has 0 aromatic heterocycles. The van der Waals surface area contributed by atoms with Crippen LogP contribution >= 0.6 is 11.8 Å². The minimum absolute atomic E-state index is 0.0990. The van der Waals surface area contributed by atoms with E-state index in [2.05, 4.69) is 4.99 Å². The molecule has 2 aliphatic heterocycles. The van der Waals surface area contributed by atoms with Gasteiger partial charge in [0.05, 0.1) is 6.61 Å². The van der Waals surface area contributed by atoms with Crippen molar-refractivity contribution in [3.8, 4) is 5.75 Å². The summed E-state index contributed by atoms with van der Waals surface area (Å²) in [7, 11) is 0. The SMILES string of the molecule is CCOC[C@H]1CCN(C(=O)[C@@H]2CSC(c3ccccc3O)=N2)C1. The number of amides is 1. The molecule has 1 saturated heterocycles. The largest absolute Gasteiger partial charge is 0.507 e. The molecule has 2 heterocycles. The van der Waals surface area contributed by atoms with Crippen LogP contribution in [0.4, 0.5) is 0 Å². The van der Waals surface area contributed by atoms with Gasteiger partial charge in [-0.2, -0.15) is 0 Å². The Morgan fingerprint density at radius 2 is 2.30 bits per heavy atom. The molecule has 0 unspecified atom stereocenters. The van der Waals surface area contributed by atoms with Crippen molar-refractivity contribution in [1.29, 1.82) is 0 Å². The molecule has 1 fully saturated rings. The number of nitrogens with zero attached hydrogens (tertiary/aromatic N) is 2. The fourth-order valence-electron chi connectivity index (χ4n) is 2.97. The number of aliphatic imine (C=N–C) groups is 1. The molecular weight excluding hydrogens is 312 g/mol. The minimum Gasteiger partial charge on any atom is -0.507 e. The third kappa shape index (κ3) is 3.70. The lowest BCUT2D eigenvalue weighted by atomic mass is 10.1. The molecule has 0 aliphatic carbocycles. The average Bonchev–Trinajstić information content (AvgIpc) is 3.22. The number of carbonyl (C=O) groups excluding carboxylic acids is 1. The highest BCUT2D eigenvalue weighted by molar-refractivity contribution is 8.14. The van der Waals surface area contributed by atoms with Gasteiger partial charge in [0.1, 0.15) is 16.8 Å². The maximum Gasteiger partial charge on any atom is 0.248 e.